The number of ether oxygens (including phenoxy) is 4. The van der Waals surface area contributed by atoms with Crippen LogP contribution in [0.3, 0.4) is 0 Å². The van der Waals surface area contributed by atoms with Crippen LogP contribution in [0, 0.1) is 5.92 Å². The molecule has 0 spiro atoms. The molecule has 130 valence electrons. The van der Waals surface area contributed by atoms with E-state index in [-0.39, 0.29) is 49.7 Å². The lowest BCUT2D eigenvalue weighted by molar-refractivity contribution is -0.153. The van der Waals surface area contributed by atoms with Crippen LogP contribution in [-0.2, 0) is 28.5 Å². The average molecular weight is 318 g/mol. The standard InChI is InChI=1S/C16H30O6/c1-6-13(19-4)10-21-15(17)9-8-12(3)16(18)22-11-14(7-2)20-5/h12-14H,6-11H2,1-5H3. The van der Waals surface area contributed by atoms with Gasteiger partial charge in [0.05, 0.1) is 18.1 Å². The second kappa shape index (κ2) is 12.4. The first kappa shape index (κ1) is 20.9. The summed E-state index contributed by atoms with van der Waals surface area (Å²) < 4.78 is 20.6. The van der Waals surface area contributed by atoms with Gasteiger partial charge in [0.1, 0.15) is 13.2 Å². The number of hydrogen-bond acceptors (Lipinski definition) is 6. The highest BCUT2D eigenvalue weighted by Gasteiger charge is 2.18. The maximum atomic E-state index is 11.8. The fraction of sp³-hybridized carbons (Fsp3) is 0.875. The van der Waals surface area contributed by atoms with Crippen molar-refractivity contribution in [1.82, 2.24) is 0 Å². The van der Waals surface area contributed by atoms with E-state index >= 15 is 0 Å². The first-order chi connectivity index (χ1) is 10.5. The zero-order chi connectivity index (χ0) is 17.0. The molecule has 0 radical (unpaired) electrons. The molecule has 6 nitrogen and oxygen atoms in total. The SMILES string of the molecule is CCC(COC(=O)CCC(C)C(=O)OCC(CC)OC)OC. The van der Waals surface area contributed by atoms with Crippen molar-refractivity contribution in [2.45, 2.75) is 58.7 Å². The second-order valence-electron chi connectivity index (χ2n) is 5.28. The van der Waals surface area contributed by atoms with Gasteiger partial charge in [0.2, 0.25) is 0 Å². The Hall–Kier alpha value is -1.14. The zero-order valence-corrected chi connectivity index (χ0v) is 14.4. The molecule has 0 fully saturated rings. The maximum Gasteiger partial charge on any atom is 0.308 e. The van der Waals surface area contributed by atoms with Gasteiger partial charge < -0.3 is 18.9 Å². The molecular formula is C16H30O6. The lowest BCUT2D eigenvalue weighted by Crippen LogP contribution is -2.24. The summed E-state index contributed by atoms with van der Waals surface area (Å²) in [4.78, 5) is 23.4. The summed E-state index contributed by atoms with van der Waals surface area (Å²) in [5.74, 6) is -0.976. The van der Waals surface area contributed by atoms with Crippen molar-refractivity contribution in [3.8, 4) is 0 Å². The van der Waals surface area contributed by atoms with Crippen molar-refractivity contribution in [2.75, 3.05) is 27.4 Å². The third-order valence-corrected chi connectivity index (χ3v) is 3.60. The van der Waals surface area contributed by atoms with E-state index in [0.717, 1.165) is 12.8 Å². The van der Waals surface area contributed by atoms with E-state index in [1.807, 2.05) is 13.8 Å². The van der Waals surface area contributed by atoms with Gasteiger partial charge >= 0.3 is 11.9 Å². The van der Waals surface area contributed by atoms with Crippen molar-refractivity contribution >= 4 is 11.9 Å². The first-order valence-electron chi connectivity index (χ1n) is 7.86. The lowest BCUT2D eigenvalue weighted by Gasteiger charge is -2.16. The molecule has 0 N–H and O–H groups in total. The van der Waals surface area contributed by atoms with Gasteiger partial charge in [-0.3, -0.25) is 9.59 Å². The van der Waals surface area contributed by atoms with Gasteiger partial charge in [0.25, 0.3) is 0 Å². The van der Waals surface area contributed by atoms with Crippen LogP contribution in [-0.4, -0.2) is 51.6 Å². The zero-order valence-electron chi connectivity index (χ0n) is 14.4. The molecule has 0 aliphatic heterocycles. The molecule has 22 heavy (non-hydrogen) atoms. The molecule has 0 amide bonds. The number of carbonyl (C=O) groups excluding carboxylic acids is 2. The minimum Gasteiger partial charge on any atom is -0.463 e. The van der Waals surface area contributed by atoms with Crippen LogP contribution in [0.25, 0.3) is 0 Å². The van der Waals surface area contributed by atoms with Gasteiger partial charge in [-0.05, 0) is 19.3 Å². The normalized spacial score (nSPS) is 15.0. The number of carbonyl (C=O) groups is 2. The van der Waals surface area contributed by atoms with Crippen molar-refractivity contribution in [1.29, 1.82) is 0 Å². The monoisotopic (exact) mass is 318 g/mol. The van der Waals surface area contributed by atoms with Crippen LogP contribution in [0.2, 0.25) is 0 Å². The van der Waals surface area contributed by atoms with Crippen LogP contribution in [0.15, 0.2) is 0 Å². The van der Waals surface area contributed by atoms with Crippen LogP contribution in [0.4, 0.5) is 0 Å². The van der Waals surface area contributed by atoms with Gasteiger partial charge in [-0.2, -0.15) is 0 Å². The van der Waals surface area contributed by atoms with Gasteiger partial charge in [-0.25, -0.2) is 0 Å². The molecule has 0 heterocycles. The summed E-state index contributed by atoms with van der Waals surface area (Å²) in [5, 5.41) is 0. The van der Waals surface area contributed by atoms with Crippen molar-refractivity contribution in [2.24, 2.45) is 5.92 Å². The third kappa shape index (κ3) is 9.00. The van der Waals surface area contributed by atoms with E-state index in [9.17, 15) is 9.59 Å². The molecule has 0 aromatic rings. The molecule has 0 aromatic carbocycles. The van der Waals surface area contributed by atoms with Crippen molar-refractivity contribution in [3.63, 3.8) is 0 Å². The molecule has 6 heteroatoms. The second-order valence-corrected chi connectivity index (χ2v) is 5.28. The van der Waals surface area contributed by atoms with E-state index in [1.165, 1.54) is 0 Å². The highest BCUT2D eigenvalue weighted by Crippen LogP contribution is 2.10. The summed E-state index contributed by atoms with van der Waals surface area (Å²) in [6.07, 6.45) is 2.00. The number of esters is 2. The molecular weight excluding hydrogens is 288 g/mol. The minimum absolute atomic E-state index is 0.0774. The van der Waals surface area contributed by atoms with Gasteiger partial charge in [-0.15, -0.1) is 0 Å². The Labute approximate surface area is 133 Å². The largest absolute Gasteiger partial charge is 0.463 e. The van der Waals surface area contributed by atoms with E-state index < -0.39 is 0 Å². The highest BCUT2D eigenvalue weighted by atomic mass is 16.6. The number of hydrogen-bond donors (Lipinski definition) is 0. The van der Waals surface area contributed by atoms with Crippen LogP contribution in [0.1, 0.15) is 46.5 Å². The van der Waals surface area contributed by atoms with Crippen LogP contribution in [0.5, 0.6) is 0 Å². The fourth-order valence-corrected chi connectivity index (χ4v) is 1.73. The minimum atomic E-state index is -0.341. The summed E-state index contributed by atoms with van der Waals surface area (Å²) in [5.41, 5.74) is 0. The molecule has 0 aromatic heterocycles. The van der Waals surface area contributed by atoms with Crippen molar-refractivity contribution < 1.29 is 28.5 Å². The molecule has 0 aliphatic carbocycles. The molecule has 0 saturated heterocycles. The Balaban J connectivity index is 3.93. The quantitative estimate of drug-likeness (QED) is 0.514. The van der Waals surface area contributed by atoms with Gasteiger partial charge in [0.15, 0.2) is 0 Å². The summed E-state index contributed by atoms with van der Waals surface area (Å²) in [6.45, 7) is 6.16. The number of methoxy groups -OCH3 is 2. The Morgan fingerprint density at radius 2 is 1.41 bits per heavy atom. The van der Waals surface area contributed by atoms with E-state index in [2.05, 4.69) is 0 Å². The smallest absolute Gasteiger partial charge is 0.308 e. The fourth-order valence-electron chi connectivity index (χ4n) is 1.73. The third-order valence-electron chi connectivity index (χ3n) is 3.60. The molecule has 0 bridgehead atoms. The van der Waals surface area contributed by atoms with Crippen LogP contribution < -0.4 is 0 Å². The topological polar surface area (TPSA) is 71.1 Å². The maximum absolute atomic E-state index is 11.8. The van der Waals surface area contributed by atoms with Crippen LogP contribution >= 0.6 is 0 Å². The Bertz CT molecular complexity index is 310. The summed E-state index contributed by atoms with van der Waals surface area (Å²) in [6, 6.07) is 0. The van der Waals surface area contributed by atoms with E-state index in [0.29, 0.717) is 6.42 Å². The highest BCUT2D eigenvalue weighted by molar-refractivity contribution is 5.74. The predicted molar refractivity (Wildman–Crippen MR) is 82.5 cm³/mol. The first-order valence-corrected chi connectivity index (χ1v) is 7.86. The summed E-state index contributed by atoms with van der Waals surface area (Å²) >= 11 is 0. The van der Waals surface area contributed by atoms with E-state index in [1.54, 1.807) is 21.1 Å². The summed E-state index contributed by atoms with van der Waals surface area (Å²) in [7, 11) is 3.18. The van der Waals surface area contributed by atoms with Gasteiger partial charge in [-0.1, -0.05) is 20.8 Å². The van der Waals surface area contributed by atoms with E-state index in [4.69, 9.17) is 18.9 Å². The average Bonchev–Trinajstić information content (AvgIpc) is 2.54. The molecule has 0 aliphatic rings. The molecule has 3 unspecified atom stereocenters. The Morgan fingerprint density at radius 1 is 0.909 bits per heavy atom. The molecule has 0 rings (SSSR count). The Morgan fingerprint density at radius 3 is 1.86 bits per heavy atom. The predicted octanol–water partition coefficient (Wildman–Crippen LogP) is 2.34. The lowest BCUT2D eigenvalue weighted by atomic mass is 10.1. The molecule has 3 atom stereocenters. The van der Waals surface area contributed by atoms with Crippen molar-refractivity contribution in [3.05, 3.63) is 0 Å². The number of rotatable bonds is 12. The molecule has 0 saturated carbocycles. The van der Waals surface area contributed by atoms with Gasteiger partial charge in [0, 0.05) is 20.6 Å². The Kier molecular flexibility index (Phi) is 11.8.